The molecule has 11 heteroatoms. The fourth-order valence-corrected chi connectivity index (χ4v) is 7.42. The Hall–Kier alpha value is -6.54. The summed E-state index contributed by atoms with van der Waals surface area (Å²) in [5.41, 5.74) is 5.88. The third-order valence-electron chi connectivity index (χ3n) is 11.1. The number of ether oxygens (including phenoxy) is 3. The number of carbonyl (C=O) groups is 1. The number of benzene rings is 5. The van der Waals surface area contributed by atoms with E-state index >= 15 is 0 Å². The first-order valence-electron chi connectivity index (χ1n) is 22.5. The van der Waals surface area contributed by atoms with Crippen molar-refractivity contribution in [1.82, 2.24) is 0 Å². The van der Waals surface area contributed by atoms with Crippen LogP contribution in [0.15, 0.2) is 115 Å². The molecule has 0 N–H and O–H groups in total. The van der Waals surface area contributed by atoms with Gasteiger partial charge in [-0.3, -0.25) is 20.2 Å². The van der Waals surface area contributed by atoms with Crippen molar-refractivity contribution in [2.75, 3.05) is 19.8 Å². The number of carbonyl (C=O) groups excluding carboxylic acids is 1. The van der Waals surface area contributed by atoms with Crippen molar-refractivity contribution in [3.8, 4) is 39.8 Å². The van der Waals surface area contributed by atoms with E-state index in [4.69, 9.17) is 19.5 Å². The molecule has 0 aliphatic heterocycles. The molecule has 5 rings (SSSR count). The molecule has 0 radical (unpaired) electrons. The highest BCUT2D eigenvalue weighted by molar-refractivity contribution is 5.90. The first kappa shape index (κ1) is 47.5. The summed E-state index contributed by atoms with van der Waals surface area (Å²) < 4.78 is 17.1. The molecule has 0 saturated heterocycles. The SMILES string of the molecule is N#Cc1ccc(-c2ccc(CCCCCCCCCCOC(=O)c3ccc(-c4ccc(OCCCCCCCCCCOc5ccc([N+](=O)[O-])c([N+](=O)[O-])c5)cc4)cc3)cc2)cc1. The maximum absolute atomic E-state index is 12.6. The summed E-state index contributed by atoms with van der Waals surface area (Å²) in [6.07, 6.45) is 18.7. The Balaban J connectivity index is 0.825. The molecular formula is C52H59N3O8. The zero-order valence-electron chi connectivity index (χ0n) is 36.2. The van der Waals surface area contributed by atoms with Crippen molar-refractivity contribution in [2.24, 2.45) is 0 Å². The Labute approximate surface area is 371 Å². The van der Waals surface area contributed by atoms with Crippen molar-refractivity contribution in [2.45, 2.75) is 109 Å². The molecule has 0 aliphatic carbocycles. The second-order valence-corrected chi connectivity index (χ2v) is 15.9. The molecular weight excluding hydrogens is 795 g/mol. The summed E-state index contributed by atoms with van der Waals surface area (Å²) in [4.78, 5) is 33.2. The third-order valence-corrected chi connectivity index (χ3v) is 11.1. The number of hydrogen-bond donors (Lipinski definition) is 0. The minimum absolute atomic E-state index is 0.264. The Bertz CT molecular complexity index is 2200. The minimum Gasteiger partial charge on any atom is -0.494 e. The number of aryl methyl sites for hydroxylation is 1. The van der Waals surface area contributed by atoms with Gasteiger partial charge in [0.15, 0.2) is 0 Å². The van der Waals surface area contributed by atoms with Crippen molar-refractivity contribution in [3.05, 3.63) is 152 Å². The van der Waals surface area contributed by atoms with Crippen LogP contribution >= 0.6 is 0 Å². The van der Waals surface area contributed by atoms with E-state index in [-0.39, 0.29) is 11.7 Å². The number of rotatable bonds is 29. The first-order valence-corrected chi connectivity index (χ1v) is 22.5. The second kappa shape index (κ2) is 26.7. The van der Waals surface area contributed by atoms with Crippen LogP contribution in [0, 0.1) is 31.6 Å². The van der Waals surface area contributed by atoms with Gasteiger partial charge >= 0.3 is 17.3 Å². The zero-order chi connectivity index (χ0) is 44.5. The molecule has 0 unspecified atom stereocenters. The van der Waals surface area contributed by atoms with Gasteiger partial charge in [-0.2, -0.15) is 5.26 Å². The highest BCUT2D eigenvalue weighted by Gasteiger charge is 2.24. The van der Waals surface area contributed by atoms with Crippen LogP contribution in [0.2, 0.25) is 0 Å². The fourth-order valence-electron chi connectivity index (χ4n) is 7.42. The molecule has 0 atom stereocenters. The van der Waals surface area contributed by atoms with Gasteiger partial charge in [-0.15, -0.1) is 0 Å². The summed E-state index contributed by atoms with van der Waals surface area (Å²) in [5, 5.41) is 31.1. The lowest BCUT2D eigenvalue weighted by molar-refractivity contribution is -0.422. The topological polar surface area (TPSA) is 155 Å². The molecule has 0 saturated carbocycles. The molecule has 0 aromatic heterocycles. The number of nitro benzene ring substituents is 2. The third kappa shape index (κ3) is 16.7. The molecule has 5 aromatic carbocycles. The molecule has 330 valence electrons. The molecule has 0 fully saturated rings. The smallest absolute Gasteiger partial charge is 0.349 e. The summed E-state index contributed by atoms with van der Waals surface area (Å²) >= 11 is 0. The Morgan fingerprint density at radius 2 is 0.889 bits per heavy atom. The maximum Gasteiger partial charge on any atom is 0.349 e. The molecule has 0 aliphatic rings. The van der Waals surface area contributed by atoms with E-state index in [2.05, 4.69) is 30.3 Å². The molecule has 0 bridgehead atoms. The van der Waals surface area contributed by atoms with Gasteiger partial charge in [0, 0.05) is 6.07 Å². The van der Waals surface area contributed by atoms with Gasteiger partial charge in [0.05, 0.1) is 52.9 Å². The Morgan fingerprint density at radius 3 is 1.40 bits per heavy atom. The monoisotopic (exact) mass is 853 g/mol. The molecule has 11 nitrogen and oxygen atoms in total. The van der Waals surface area contributed by atoms with Crippen LogP contribution in [0.25, 0.3) is 22.3 Å². The van der Waals surface area contributed by atoms with Crippen LogP contribution < -0.4 is 9.47 Å². The Morgan fingerprint density at radius 1 is 0.476 bits per heavy atom. The van der Waals surface area contributed by atoms with Gasteiger partial charge < -0.3 is 14.2 Å². The second-order valence-electron chi connectivity index (χ2n) is 15.9. The van der Waals surface area contributed by atoms with Crippen molar-refractivity contribution in [3.63, 3.8) is 0 Å². The summed E-state index contributed by atoms with van der Waals surface area (Å²) in [5.74, 6) is 0.816. The molecule has 0 amide bonds. The van der Waals surface area contributed by atoms with Gasteiger partial charge in [0.25, 0.3) is 0 Å². The average molecular weight is 854 g/mol. The van der Waals surface area contributed by atoms with E-state index in [9.17, 15) is 25.0 Å². The van der Waals surface area contributed by atoms with Gasteiger partial charge in [0.2, 0.25) is 0 Å². The van der Waals surface area contributed by atoms with Gasteiger partial charge in [-0.05, 0) is 102 Å². The van der Waals surface area contributed by atoms with Crippen LogP contribution in [0.1, 0.15) is 124 Å². The van der Waals surface area contributed by atoms with Crippen LogP contribution in [0.3, 0.4) is 0 Å². The van der Waals surface area contributed by atoms with Crippen LogP contribution in [-0.4, -0.2) is 35.6 Å². The highest BCUT2D eigenvalue weighted by Crippen LogP contribution is 2.31. The Kier molecular flexibility index (Phi) is 20.1. The molecule has 5 aromatic rings. The molecule has 0 spiro atoms. The highest BCUT2D eigenvalue weighted by atomic mass is 16.6. The number of hydrogen-bond acceptors (Lipinski definition) is 9. The number of unbranched alkanes of at least 4 members (excludes halogenated alkanes) is 14. The van der Waals surface area contributed by atoms with Gasteiger partial charge in [-0.25, -0.2) is 4.79 Å². The lowest BCUT2D eigenvalue weighted by Crippen LogP contribution is -2.06. The standard InChI is InChI=1S/C52H59N3O8/c53-40-42-20-24-44(25-21-42)43-22-18-41(19-23-43)17-13-9-5-1-2-8-12-16-38-63-52(56)47-28-26-45(27-29-47)46-30-32-48(33-31-46)61-36-14-10-6-3-4-7-11-15-37-62-49-34-35-50(54(57)58)51(39-49)55(59)60/h18-35,39H,1-17,36-38H2. The largest absolute Gasteiger partial charge is 0.494 e. The van der Waals surface area contributed by atoms with E-state index < -0.39 is 21.2 Å². The van der Waals surface area contributed by atoms with Crippen LogP contribution in [-0.2, 0) is 11.2 Å². The normalized spacial score (nSPS) is 10.8. The fraction of sp³-hybridized carbons (Fsp3) is 0.385. The number of nitriles is 1. The van der Waals surface area contributed by atoms with Crippen LogP contribution in [0.5, 0.6) is 11.5 Å². The van der Waals surface area contributed by atoms with E-state index in [0.29, 0.717) is 30.9 Å². The van der Waals surface area contributed by atoms with Crippen LogP contribution in [0.4, 0.5) is 11.4 Å². The van der Waals surface area contributed by atoms with E-state index in [1.54, 1.807) is 0 Å². The first-order chi connectivity index (χ1) is 30.8. The van der Waals surface area contributed by atoms with E-state index in [0.717, 1.165) is 112 Å². The maximum atomic E-state index is 12.6. The molecule has 63 heavy (non-hydrogen) atoms. The summed E-state index contributed by atoms with van der Waals surface area (Å²) in [6, 6.07) is 37.8. The summed E-state index contributed by atoms with van der Waals surface area (Å²) in [6.45, 7) is 1.51. The van der Waals surface area contributed by atoms with Crippen molar-refractivity contribution in [1.29, 1.82) is 5.26 Å². The lowest BCUT2D eigenvalue weighted by Gasteiger charge is -2.09. The van der Waals surface area contributed by atoms with Crippen molar-refractivity contribution >= 4 is 17.3 Å². The summed E-state index contributed by atoms with van der Waals surface area (Å²) in [7, 11) is 0. The van der Waals surface area contributed by atoms with Gasteiger partial charge in [0.1, 0.15) is 11.5 Å². The van der Waals surface area contributed by atoms with E-state index in [1.807, 2.05) is 72.8 Å². The quantitative estimate of drug-likeness (QED) is 0.0198. The zero-order valence-corrected chi connectivity index (χ0v) is 36.2. The average Bonchev–Trinajstić information content (AvgIpc) is 3.31. The van der Waals surface area contributed by atoms with Crippen molar-refractivity contribution < 1.29 is 28.9 Å². The van der Waals surface area contributed by atoms with Gasteiger partial charge in [-0.1, -0.05) is 138 Å². The number of nitrogens with zero attached hydrogens (tertiary/aromatic N) is 3. The predicted molar refractivity (Wildman–Crippen MR) is 247 cm³/mol. The van der Waals surface area contributed by atoms with E-state index in [1.165, 1.54) is 49.3 Å². The number of esters is 1. The minimum atomic E-state index is -0.769. The molecule has 0 heterocycles. The number of nitro groups is 2. The predicted octanol–water partition coefficient (Wildman–Crippen LogP) is 13.8. The lowest BCUT2D eigenvalue weighted by atomic mass is 10.00.